The van der Waals surface area contributed by atoms with E-state index in [1.54, 1.807) is 7.11 Å². The minimum atomic E-state index is 0.00472. The highest BCUT2D eigenvalue weighted by Crippen LogP contribution is 2.28. The lowest BCUT2D eigenvalue weighted by Gasteiger charge is -2.32. The molecule has 74 valence electrons. The van der Waals surface area contributed by atoms with Crippen LogP contribution in [0.4, 0.5) is 0 Å². The summed E-state index contributed by atoms with van der Waals surface area (Å²) in [7, 11) is 1.68. The van der Waals surface area contributed by atoms with E-state index in [0.717, 1.165) is 12.8 Å². The van der Waals surface area contributed by atoms with E-state index in [2.05, 4.69) is 6.92 Å². The highest BCUT2D eigenvalue weighted by atomic mass is 16.5. The van der Waals surface area contributed by atoms with E-state index in [1.165, 1.54) is 0 Å². The largest absolute Gasteiger partial charge is 0.396 e. The van der Waals surface area contributed by atoms with Crippen LogP contribution in [-0.4, -0.2) is 31.5 Å². The van der Waals surface area contributed by atoms with Crippen molar-refractivity contribution in [2.24, 2.45) is 11.1 Å². The SMILES string of the molecule is COCCC(C)(CCO)C(C)N. The fourth-order valence-corrected chi connectivity index (χ4v) is 1.17. The fourth-order valence-electron chi connectivity index (χ4n) is 1.17. The third-order valence-electron chi connectivity index (χ3n) is 2.66. The summed E-state index contributed by atoms with van der Waals surface area (Å²) in [6.07, 6.45) is 1.65. The third kappa shape index (κ3) is 3.52. The van der Waals surface area contributed by atoms with E-state index in [9.17, 15) is 0 Å². The predicted octanol–water partition coefficient (Wildman–Crippen LogP) is 0.759. The van der Waals surface area contributed by atoms with E-state index in [1.807, 2.05) is 6.92 Å². The number of hydrogen-bond donors (Lipinski definition) is 2. The number of rotatable bonds is 6. The number of methoxy groups -OCH3 is 1. The molecule has 0 saturated carbocycles. The first-order chi connectivity index (χ1) is 5.56. The molecule has 0 bridgehead atoms. The van der Waals surface area contributed by atoms with Gasteiger partial charge < -0.3 is 15.6 Å². The maximum Gasteiger partial charge on any atom is 0.0468 e. The molecule has 12 heavy (non-hydrogen) atoms. The molecule has 0 aromatic heterocycles. The van der Waals surface area contributed by atoms with Gasteiger partial charge in [-0.25, -0.2) is 0 Å². The van der Waals surface area contributed by atoms with Crippen LogP contribution in [0, 0.1) is 5.41 Å². The Bertz CT molecular complexity index is 117. The molecule has 0 fully saturated rings. The van der Waals surface area contributed by atoms with Crippen LogP contribution in [0.5, 0.6) is 0 Å². The van der Waals surface area contributed by atoms with Gasteiger partial charge in [0, 0.05) is 26.4 Å². The summed E-state index contributed by atoms with van der Waals surface area (Å²) in [5.74, 6) is 0. The summed E-state index contributed by atoms with van der Waals surface area (Å²) in [5.41, 5.74) is 5.84. The van der Waals surface area contributed by atoms with Gasteiger partial charge in [0.2, 0.25) is 0 Å². The van der Waals surface area contributed by atoms with Gasteiger partial charge in [0.1, 0.15) is 0 Å². The normalized spacial score (nSPS) is 18.8. The van der Waals surface area contributed by atoms with Gasteiger partial charge in [-0.3, -0.25) is 0 Å². The molecule has 0 aromatic carbocycles. The summed E-state index contributed by atoms with van der Waals surface area (Å²) in [5, 5.41) is 8.85. The van der Waals surface area contributed by atoms with Crippen molar-refractivity contribution in [3.8, 4) is 0 Å². The van der Waals surface area contributed by atoms with Gasteiger partial charge in [0.05, 0.1) is 0 Å². The molecule has 0 rings (SSSR count). The van der Waals surface area contributed by atoms with Crippen LogP contribution in [0.1, 0.15) is 26.7 Å². The molecule has 0 aliphatic carbocycles. The van der Waals surface area contributed by atoms with Crippen molar-refractivity contribution >= 4 is 0 Å². The summed E-state index contributed by atoms with van der Waals surface area (Å²) in [6.45, 7) is 4.97. The van der Waals surface area contributed by atoms with E-state index in [-0.39, 0.29) is 18.1 Å². The zero-order valence-electron chi connectivity index (χ0n) is 8.34. The van der Waals surface area contributed by atoms with Crippen LogP contribution in [-0.2, 0) is 4.74 Å². The molecular formula is C9H21NO2. The Hall–Kier alpha value is -0.120. The van der Waals surface area contributed by atoms with Crippen LogP contribution >= 0.6 is 0 Å². The Kier molecular flexibility index (Phi) is 5.46. The van der Waals surface area contributed by atoms with Gasteiger partial charge in [0.25, 0.3) is 0 Å². The second kappa shape index (κ2) is 5.51. The third-order valence-corrected chi connectivity index (χ3v) is 2.66. The number of nitrogens with two attached hydrogens (primary N) is 1. The van der Waals surface area contributed by atoms with Gasteiger partial charge in [0.15, 0.2) is 0 Å². The summed E-state index contributed by atoms with van der Waals surface area (Å²) >= 11 is 0. The van der Waals surface area contributed by atoms with Gasteiger partial charge in [-0.15, -0.1) is 0 Å². The van der Waals surface area contributed by atoms with E-state index in [4.69, 9.17) is 15.6 Å². The molecule has 0 amide bonds. The van der Waals surface area contributed by atoms with Crippen LogP contribution in [0.3, 0.4) is 0 Å². The van der Waals surface area contributed by atoms with Crippen LogP contribution in [0.2, 0.25) is 0 Å². The van der Waals surface area contributed by atoms with Crippen molar-refractivity contribution in [3.05, 3.63) is 0 Å². The summed E-state index contributed by atoms with van der Waals surface area (Å²) in [4.78, 5) is 0. The van der Waals surface area contributed by atoms with E-state index in [0.29, 0.717) is 6.61 Å². The quantitative estimate of drug-likeness (QED) is 0.626. The van der Waals surface area contributed by atoms with Crippen molar-refractivity contribution in [3.63, 3.8) is 0 Å². The topological polar surface area (TPSA) is 55.5 Å². The molecular weight excluding hydrogens is 154 g/mol. The lowest BCUT2D eigenvalue weighted by atomic mass is 9.78. The number of ether oxygens (including phenoxy) is 1. The molecule has 0 spiro atoms. The van der Waals surface area contributed by atoms with Crippen molar-refractivity contribution < 1.29 is 9.84 Å². The molecule has 3 N–H and O–H groups in total. The zero-order chi connectivity index (χ0) is 9.61. The Morgan fingerprint density at radius 2 is 2.08 bits per heavy atom. The number of aliphatic hydroxyl groups is 1. The van der Waals surface area contributed by atoms with Gasteiger partial charge in [-0.1, -0.05) is 6.92 Å². The van der Waals surface area contributed by atoms with Crippen LogP contribution in [0.15, 0.2) is 0 Å². The first-order valence-electron chi connectivity index (χ1n) is 4.42. The Morgan fingerprint density at radius 1 is 1.50 bits per heavy atom. The van der Waals surface area contributed by atoms with Crippen LogP contribution < -0.4 is 5.73 Å². The van der Waals surface area contributed by atoms with Crippen molar-refractivity contribution in [1.29, 1.82) is 0 Å². The average molecular weight is 175 g/mol. The fraction of sp³-hybridized carbons (Fsp3) is 1.00. The van der Waals surface area contributed by atoms with E-state index >= 15 is 0 Å². The molecule has 3 nitrogen and oxygen atoms in total. The van der Waals surface area contributed by atoms with E-state index < -0.39 is 0 Å². The molecule has 2 atom stereocenters. The molecule has 3 heteroatoms. The molecule has 2 unspecified atom stereocenters. The minimum Gasteiger partial charge on any atom is -0.396 e. The van der Waals surface area contributed by atoms with Crippen LogP contribution in [0.25, 0.3) is 0 Å². The summed E-state index contributed by atoms with van der Waals surface area (Å²) < 4.78 is 5.00. The smallest absolute Gasteiger partial charge is 0.0468 e. The highest BCUT2D eigenvalue weighted by molar-refractivity contribution is 4.82. The van der Waals surface area contributed by atoms with Crippen molar-refractivity contribution in [1.82, 2.24) is 0 Å². The molecule has 0 aliphatic rings. The Labute approximate surface area is 74.9 Å². The molecule has 0 aromatic rings. The predicted molar refractivity (Wildman–Crippen MR) is 50.0 cm³/mol. The lowest BCUT2D eigenvalue weighted by Crippen LogP contribution is -2.38. The second-order valence-electron chi connectivity index (χ2n) is 3.66. The molecule has 0 saturated heterocycles. The first kappa shape index (κ1) is 11.9. The highest BCUT2D eigenvalue weighted by Gasteiger charge is 2.27. The number of aliphatic hydroxyl groups excluding tert-OH is 1. The van der Waals surface area contributed by atoms with Gasteiger partial charge in [-0.2, -0.15) is 0 Å². The maximum absolute atomic E-state index is 8.85. The summed E-state index contributed by atoms with van der Waals surface area (Å²) in [6, 6.07) is 0.0970. The lowest BCUT2D eigenvalue weighted by molar-refractivity contribution is 0.105. The molecule has 0 radical (unpaired) electrons. The van der Waals surface area contributed by atoms with Crippen molar-refractivity contribution in [2.45, 2.75) is 32.7 Å². The second-order valence-corrected chi connectivity index (χ2v) is 3.66. The van der Waals surface area contributed by atoms with Crippen molar-refractivity contribution in [2.75, 3.05) is 20.3 Å². The van der Waals surface area contributed by atoms with Gasteiger partial charge >= 0.3 is 0 Å². The zero-order valence-corrected chi connectivity index (χ0v) is 8.34. The molecule has 0 heterocycles. The monoisotopic (exact) mass is 175 g/mol. The number of hydrogen-bond acceptors (Lipinski definition) is 3. The van der Waals surface area contributed by atoms with Gasteiger partial charge in [-0.05, 0) is 25.2 Å². The maximum atomic E-state index is 8.85. The minimum absolute atomic E-state index is 0.00472. The Balaban J connectivity index is 3.99. The first-order valence-corrected chi connectivity index (χ1v) is 4.42. The Morgan fingerprint density at radius 3 is 2.42 bits per heavy atom. The standard InChI is InChI=1S/C9H21NO2/c1-8(10)9(2,4-6-11)5-7-12-3/h8,11H,4-7,10H2,1-3H3. The molecule has 0 aliphatic heterocycles. The average Bonchev–Trinajstić information content (AvgIpc) is 2.01.